The van der Waals surface area contributed by atoms with E-state index >= 15 is 0 Å². The molecule has 7 heteroatoms. The van der Waals surface area contributed by atoms with Gasteiger partial charge in [0.15, 0.2) is 0 Å². The van der Waals surface area contributed by atoms with Crippen LogP contribution in [0.5, 0.6) is 5.88 Å². The molecule has 0 bridgehead atoms. The highest BCUT2D eigenvalue weighted by Crippen LogP contribution is 2.21. The molecule has 0 aliphatic heterocycles. The zero-order valence-corrected chi connectivity index (χ0v) is 16.7. The van der Waals surface area contributed by atoms with E-state index in [0.717, 1.165) is 17.5 Å². The van der Waals surface area contributed by atoms with Crippen LogP contribution in [0.4, 0.5) is 5.69 Å². The highest BCUT2D eigenvalue weighted by atomic mass is 16.6. The van der Waals surface area contributed by atoms with Crippen LogP contribution in [0.15, 0.2) is 35.1 Å². The van der Waals surface area contributed by atoms with Gasteiger partial charge in [0.1, 0.15) is 5.69 Å². The Morgan fingerprint density at radius 2 is 1.61 bits per heavy atom. The van der Waals surface area contributed by atoms with Crippen LogP contribution in [0.2, 0.25) is 0 Å². The molecule has 0 aliphatic rings. The van der Waals surface area contributed by atoms with Gasteiger partial charge in [-0.3, -0.25) is 20.0 Å². The molecule has 0 saturated carbocycles. The molecule has 1 aromatic heterocycles. The number of nitrogens with zero attached hydrogens (tertiary/aromatic N) is 2. The number of nitrogens with one attached hydrogen (secondary N) is 1. The molecule has 0 spiro atoms. The fourth-order valence-corrected chi connectivity index (χ4v) is 3.21. The minimum Gasteiger partial charge on any atom is -0.478 e. The van der Waals surface area contributed by atoms with Crippen molar-refractivity contribution in [2.45, 2.75) is 71.1 Å². The van der Waals surface area contributed by atoms with Gasteiger partial charge in [-0.15, -0.1) is 0 Å². The van der Waals surface area contributed by atoms with E-state index in [1.807, 2.05) is 0 Å². The van der Waals surface area contributed by atoms with Crippen LogP contribution in [0.3, 0.4) is 0 Å². The van der Waals surface area contributed by atoms with Gasteiger partial charge in [-0.05, 0) is 12.5 Å². The number of hydrogen-bond acceptors (Lipinski definition) is 4. The Balaban J connectivity index is 1.71. The first-order valence-corrected chi connectivity index (χ1v) is 10.3. The molecular weight excluding hydrogens is 358 g/mol. The summed E-state index contributed by atoms with van der Waals surface area (Å²) in [5, 5.41) is 13.9. The topological polar surface area (TPSA) is 90.2 Å². The number of unbranched alkanes of at least 4 members (excludes halogenated alkanes) is 9. The predicted octanol–water partition coefficient (Wildman–Crippen LogP) is 5.37. The fraction of sp³-hybridized carbons (Fsp3) is 0.571. The van der Waals surface area contributed by atoms with Crippen LogP contribution in [0.1, 0.15) is 71.1 Å². The van der Waals surface area contributed by atoms with Crippen LogP contribution in [-0.4, -0.2) is 21.3 Å². The third-order valence-electron chi connectivity index (χ3n) is 4.77. The van der Waals surface area contributed by atoms with Crippen molar-refractivity contribution in [1.82, 2.24) is 9.78 Å². The lowest BCUT2D eigenvalue weighted by Gasteiger charge is -2.05. The van der Waals surface area contributed by atoms with E-state index < -0.39 is 4.92 Å². The molecule has 2 rings (SSSR count). The van der Waals surface area contributed by atoms with Gasteiger partial charge in [-0.1, -0.05) is 76.8 Å². The molecule has 0 amide bonds. The number of para-hydroxylation sites is 2. The third kappa shape index (κ3) is 6.87. The monoisotopic (exact) mass is 389 g/mol. The summed E-state index contributed by atoms with van der Waals surface area (Å²) in [6.07, 6.45) is 12.5. The number of benzene rings is 1. The Bertz CT molecular complexity index is 782. The summed E-state index contributed by atoms with van der Waals surface area (Å²) in [5.74, 6) is 0.332. The van der Waals surface area contributed by atoms with Gasteiger partial charge >= 0.3 is 0 Å². The summed E-state index contributed by atoms with van der Waals surface area (Å²) >= 11 is 0. The van der Waals surface area contributed by atoms with Gasteiger partial charge in [0.2, 0.25) is 5.88 Å². The first-order valence-electron chi connectivity index (χ1n) is 10.3. The number of nitro benzene ring substituents is 1. The molecule has 2 aromatic rings. The second-order valence-electron chi connectivity index (χ2n) is 7.07. The zero-order chi connectivity index (χ0) is 20.2. The second-order valence-corrected chi connectivity index (χ2v) is 7.07. The van der Waals surface area contributed by atoms with E-state index in [4.69, 9.17) is 4.74 Å². The van der Waals surface area contributed by atoms with Gasteiger partial charge in [0.05, 0.1) is 17.6 Å². The van der Waals surface area contributed by atoms with Gasteiger partial charge in [0.25, 0.3) is 11.2 Å². The minimum atomic E-state index is -0.507. The lowest BCUT2D eigenvalue weighted by atomic mass is 10.1. The lowest BCUT2D eigenvalue weighted by molar-refractivity contribution is -0.384. The van der Waals surface area contributed by atoms with Gasteiger partial charge in [-0.25, -0.2) is 4.68 Å². The number of hydrogen-bond donors (Lipinski definition) is 1. The normalized spacial score (nSPS) is 10.9. The molecule has 7 nitrogen and oxygen atoms in total. The molecule has 1 aromatic carbocycles. The first-order chi connectivity index (χ1) is 13.6. The minimum absolute atomic E-state index is 0.132. The van der Waals surface area contributed by atoms with Crippen molar-refractivity contribution < 1.29 is 9.66 Å². The zero-order valence-electron chi connectivity index (χ0n) is 16.7. The highest BCUT2D eigenvalue weighted by molar-refractivity contribution is 5.51. The molecule has 28 heavy (non-hydrogen) atoms. The molecule has 0 unspecified atom stereocenters. The number of ether oxygens (including phenoxy) is 1. The second kappa shape index (κ2) is 12.0. The van der Waals surface area contributed by atoms with Crippen molar-refractivity contribution in [2.24, 2.45) is 0 Å². The molecule has 0 radical (unpaired) electrons. The lowest BCUT2D eigenvalue weighted by Crippen LogP contribution is -2.14. The van der Waals surface area contributed by atoms with Crippen molar-refractivity contribution in [3.8, 4) is 11.6 Å². The molecular formula is C21H31N3O4. The third-order valence-corrected chi connectivity index (χ3v) is 4.77. The molecule has 1 N–H and O–H groups in total. The van der Waals surface area contributed by atoms with Crippen molar-refractivity contribution in [2.75, 3.05) is 6.61 Å². The Kier molecular flexibility index (Phi) is 9.31. The van der Waals surface area contributed by atoms with Crippen LogP contribution in [0.25, 0.3) is 5.69 Å². The largest absolute Gasteiger partial charge is 0.478 e. The summed E-state index contributed by atoms with van der Waals surface area (Å²) < 4.78 is 6.76. The molecule has 0 aliphatic carbocycles. The van der Waals surface area contributed by atoms with Gasteiger partial charge in [-0.2, -0.15) is 0 Å². The maximum atomic E-state index is 12.1. The van der Waals surface area contributed by atoms with Crippen LogP contribution < -0.4 is 10.3 Å². The van der Waals surface area contributed by atoms with Crippen molar-refractivity contribution in [1.29, 1.82) is 0 Å². The van der Waals surface area contributed by atoms with Crippen molar-refractivity contribution in [3.05, 3.63) is 50.8 Å². The first kappa shape index (κ1) is 21.7. The Hall–Kier alpha value is -2.57. The van der Waals surface area contributed by atoms with Crippen molar-refractivity contribution >= 4 is 5.69 Å². The van der Waals surface area contributed by atoms with E-state index in [9.17, 15) is 14.9 Å². The van der Waals surface area contributed by atoms with Crippen LogP contribution >= 0.6 is 0 Å². The predicted molar refractivity (Wildman–Crippen MR) is 110 cm³/mol. The summed E-state index contributed by atoms with van der Waals surface area (Å²) in [4.78, 5) is 22.8. The quantitative estimate of drug-likeness (QED) is 0.267. The van der Waals surface area contributed by atoms with E-state index in [0.29, 0.717) is 12.5 Å². The van der Waals surface area contributed by atoms with E-state index in [-0.39, 0.29) is 16.9 Å². The summed E-state index contributed by atoms with van der Waals surface area (Å²) in [5.41, 5.74) is -0.314. The molecule has 0 fully saturated rings. The average molecular weight is 389 g/mol. The molecule has 0 saturated heterocycles. The van der Waals surface area contributed by atoms with E-state index in [1.54, 1.807) is 12.1 Å². The van der Waals surface area contributed by atoms with Crippen molar-refractivity contribution in [3.63, 3.8) is 0 Å². The summed E-state index contributed by atoms with van der Waals surface area (Å²) in [6.45, 7) is 2.76. The van der Waals surface area contributed by atoms with Gasteiger partial charge < -0.3 is 4.74 Å². The fourth-order valence-electron chi connectivity index (χ4n) is 3.21. The molecule has 154 valence electrons. The maximum absolute atomic E-state index is 12.1. The number of aromatic nitrogens is 2. The number of nitro groups is 1. The van der Waals surface area contributed by atoms with Gasteiger partial charge in [0, 0.05) is 6.07 Å². The standard InChI is InChI=1S/C21H31N3O4/c1-2-3-4-5-6-7-8-9-10-13-16-28-20-17-21(25)23(22-20)18-14-11-12-15-19(18)24(26)27/h11-12,14-15,17,22H,2-10,13,16H2,1H3. The number of rotatable bonds is 14. The Morgan fingerprint density at radius 3 is 2.25 bits per heavy atom. The summed E-state index contributed by atoms with van der Waals surface area (Å²) in [7, 11) is 0. The Labute approximate surface area is 165 Å². The smallest absolute Gasteiger partial charge is 0.294 e. The SMILES string of the molecule is CCCCCCCCCCCCOc1cc(=O)n(-c2ccccc2[N+](=O)[O-])[nH]1. The molecule has 0 atom stereocenters. The maximum Gasteiger partial charge on any atom is 0.294 e. The Morgan fingerprint density at radius 1 is 1.00 bits per heavy atom. The van der Waals surface area contributed by atoms with Crippen LogP contribution in [0, 0.1) is 10.1 Å². The average Bonchev–Trinajstić information content (AvgIpc) is 3.06. The van der Waals surface area contributed by atoms with E-state index in [2.05, 4.69) is 12.0 Å². The number of H-pyrrole nitrogens is 1. The summed E-state index contributed by atoms with van der Waals surface area (Å²) in [6, 6.07) is 7.44. The van der Waals surface area contributed by atoms with Crippen LogP contribution in [-0.2, 0) is 0 Å². The molecule has 1 heterocycles. The number of aromatic amines is 1. The van der Waals surface area contributed by atoms with E-state index in [1.165, 1.54) is 69.6 Å². The highest BCUT2D eigenvalue weighted by Gasteiger charge is 2.17.